The van der Waals surface area contributed by atoms with E-state index in [1.54, 1.807) is 0 Å². The zero-order valence-corrected chi connectivity index (χ0v) is 34.5. The first kappa shape index (κ1) is 36.6. The number of hydrogen-bond acceptors (Lipinski definition) is 2. The van der Waals surface area contributed by atoms with Crippen molar-refractivity contribution in [1.29, 1.82) is 0 Å². The summed E-state index contributed by atoms with van der Waals surface area (Å²) in [5, 5.41) is 4.80. The maximum Gasteiger partial charge on any atom is 0.161 e. The molecule has 0 bridgehead atoms. The Balaban J connectivity index is 1.01. The molecule has 12 rings (SSSR count). The minimum absolute atomic E-state index is 0.546. The van der Waals surface area contributed by atoms with Crippen LogP contribution in [0.25, 0.3) is 88.8 Å². The molecule has 11 aromatic rings. The highest BCUT2D eigenvalue weighted by atomic mass is 14.9. The maximum absolute atomic E-state index is 5.20. The van der Waals surface area contributed by atoms with Crippen molar-refractivity contribution in [3.05, 3.63) is 265 Å². The number of benzene rings is 10. The third kappa shape index (κ3) is 5.95. The van der Waals surface area contributed by atoms with Crippen LogP contribution in [0, 0.1) is 0 Å². The maximum atomic E-state index is 5.20. The van der Waals surface area contributed by atoms with E-state index in [1.165, 1.54) is 60.8 Å². The highest BCUT2D eigenvalue weighted by molar-refractivity contribution is 6.05. The summed E-state index contributed by atoms with van der Waals surface area (Å²) in [4.78, 5) is 10.4. The minimum Gasteiger partial charge on any atom is -0.228 e. The molecule has 1 aliphatic rings. The van der Waals surface area contributed by atoms with E-state index in [9.17, 15) is 0 Å². The third-order valence-electron chi connectivity index (χ3n) is 13.0. The first-order valence-corrected chi connectivity index (χ1v) is 21.7. The van der Waals surface area contributed by atoms with Gasteiger partial charge in [-0.05, 0) is 89.3 Å². The molecule has 0 saturated heterocycles. The molecule has 0 N–H and O–H groups in total. The van der Waals surface area contributed by atoms with Crippen LogP contribution in [-0.4, -0.2) is 9.97 Å². The Morgan fingerprint density at radius 2 is 0.714 bits per heavy atom. The Hall–Kier alpha value is -8.20. The van der Waals surface area contributed by atoms with Gasteiger partial charge in [-0.25, -0.2) is 9.97 Å². The van der Waals surface area contributed by atoms with Crippen LogP contribution in [0.3, 0.4) is 0 Å². The van der Waals surface area contributed by atoms with Crippen molar-refractivity contribution in [2.75, 3.05) is 0 Å². The van der Waals surface area contributed by atoms with E-state index in [0.717, 1.165) is 44.4 Å². The Bertz CT molecular complexity index is 3370. The fraction of sp³-hybridized carbons (Fsp3) is 0.0164. The van der Waals surface area contributed by atoms with Crippen LogP contribution in [0.1, 0.15) is 22.3 Å². The summed E-state index contributed by atoms with van der Waals surface area (Å²) in [6.07, 6.45) is 0. The Labute approximate surface area is 367 Å². The van der Waals surface area contributed by atoms with Crippen LogP contribution >= 0.6 is 0 Å². The molecule has 0 atom stereocenters. The topological polar surface area (TPSA) is 25.8 Å². The van der Waals surface area contributed by atoms with Gasteiger partial charge in [0.05, 0.1) is 16.8 Å². The van der Waals surface area contributed by atoms with E-state index in [4.69, 9.17) is 9.97 Å². The summed E-state index contributed by atoms with van der Waals surface area (Å²) in [5.41, 5.74) is 16.9. The second-order valence-corrected chi connectivity index (χ2v) is 16.4. The molecule has 0 radical (unpaired) electrons. The van der Waals surface area contributed by atoms with Gasteiger partial charge in [-0.3, -0.25) is 0 Å². The molecule has 0 aliphatic heterocycles. The van der Waals surface area contributed by atoms with Crippen LogP contribution in [0.4, 0.5) is 0 Å². The van der Waals surface area contributed by atoms with Gasteiger partial charge in [-0.15, -0.1) is 0 Å². The molecule has 0 spiro atoms. The second kappa shape index (κ2) is 15.1. The summed E-state index contributed by atoms with van der Waals surface area (Å²) in [7, 11) is 0. The van der Waals surface area contributed by atoms with E-state index in [-0.39, 0.29) is 0 Å². The van der Waals surface area contributed by atoms with Crippen molar-refractivity contribution >= 4 is 21.5 Å². The lowest BCUT2D eigenvalue weighted by Crippen LogP contribution is -2.29. The first-order chi connectivity index (χ1) is 31.3. The van der Waals surface area contributed by atoms with Gasteiger partial charge in [-0.1, -0.05) is 231 Å². The molecule has 0 fully saturated rings. The number of nitrogens with zero attached hydrogens (tertiary/aromatic N) is 2. The Morgan fingerprint density at radius 1 is 0.270 bits per heavy atom. The van der Waals surface area contributed by atoms with E-state index < -0.39 is 5.41 Å². The van der Waals surface area contributed by atoms with Crippen molar-refractivity contribution in [1.82, 2.24) is 9.97 Å². The smallest absolute Gasteiger partial charge is 0.161 e. The summed E-state index contributed by atoms with van der Waals surface area (Å²) >= 11 is 0. The molecule has 0 saturated carbocycles. The van der Waals surface area contributed by atoms with Gasteiger partial charge in [0.2, 0.25) is 0 Å². The summed E-state index contributed by atoms with van der Waals surface area (Å²) in [5.74, 6) is 0.709. The fourth-order valence-corrected chi connectivity index (χ4v) is 10.2. The number of fused-ring (bicyclic) bond motifs is 6. The van der Waals surface area contributed by atoms with Gasteiger partial charge in [0, 0.05) is 16.7 Å². The van der Waals surface area contributed by atoms with Gasteiger partial charge in [-0.2, -0.15) is 0 Å². The molecule has 2 heteroatoms. The van der Waals surface area contributed by atoms with E-state index in [0.29, 0.717) is 5.82 Å². The average Bonchev–Trinajstić information content (AvgIpc) is 3.69. The van der Waals surface area contributed by atoms with E-state index in [2.05, 4.69) is 231 Å². The average molecular weight is 801 g/mol. The number of rotatable bonds is 7. The molecular weight excluding hydrogens is 761 g/mol. The zero-order valence-electron chi connectivity index (χ0n) is 34.5. The standard InChI is InChI=1S/C61H40N2/c1-5-19-44(20-6-1)56-40-57(45-21-7-2-8-22-45)63-60(62-56)55-39-38-48(51-28-15-16-29-52(51)55)42-32-34-43(35-33-42)50-30-17-31-53-54-37-36-41-18-13-14-27-49(41)59(54)61(58(50)53,46-23-9-3-10-24-46)47-25-11-4-12-26-47/h1-40H. The summed E-state index contributed by atoms with van der Waals surface area (Å²) < 4.78 is 0. The lowest BCUT2D eigenvalue weighted by molar-refractivity contribution is 0.777. The van der Waals surface area contributed by atoms with Crippen LogP contribution in [0.5, 0.6) is 0 Å². The molecule has 294 valence electrons. The molecular formula is C61H40N2. The Kier molecular flexibility index (Phi) is 8.76. The SMILES string of the molecule is c1ccc(-c2cc(-c3ccccc3)nc(-c3ccc(-c4ccc(-c5cccc6c5C(c5ccccc5)(c5ccccc5)c5c-6ccc6ccccc56)cc4)c4ccccc34)n2)cc1. The molecule has 0 amide bonds. The van der Waals surface area contributed by atoms with Gasteiger partial charge in [0.25, 0.3) is 0 Å². The highest BCUT2D eigenvalue weighted by Crippen LogP contribution is 2.60. The van der Waals surface area contributed by atoms with Crippen LogP contribution in [0.15, 0.2) is 243 Å². The quantitative estimate of drug-likeness (QED) is 0.160. The minimum atomic E-state index is -0.546. The van der Waals surface area contributed by atoms with Gasteiger partial charge in [0.1, 0.15) is 0 Å². The van der Waals surface area contributed by atoms with Gasteiger partial charge in [0.15, 0.2) is 5.82 Å². The van der Waals surface area contributed by atoms with Gasteiger partial charge < -0.3 is 0 Å². The lowest BCUT2D eigenvalue weighted by atomic mass is 9.65. The van der Waals surface area contributed by atoms with Crippen molar-refractivity contribution in [3.63, 3.8) is 0 Å². The molecule has 1 heterocycles. The Morgan fingerprint density at radius 3 is 1.32 bits per heavy atom. The zero-order chi connectivity index (χ0) is 41.7. The van der Waals surface area contributed by atoms with Gasteiger partial charge >= 0.3 is 0 Å². The van der Waals surface area contributed by atoms with Crippen molar-refractivity contribution in [3.8, 4) is 67.3 Å². The monoisotopic (exact) mass is 800 g/mol. The largest absolute Gasteiger partial charge is 0.228 e. The van der Waals surface area contributed by atoms with E-state index >= 15 is 0 Å². The van der Waals surface area contributed by atoms with Crippen molar-refractivity contribution in [2.24, 2.45) is 0 Å². The lowest BCUT2D eigenvalue weighted by Gasteiger charge is -2.36. The summed E-state index contributed by atoms with van der Waals surface area (Å²) in [6.45, 7) is 0. The molecule has 1 aliphatic carbocycles. The van der Waals surface area contributed by atoms with Crippen molar-refractivity contribution < 1.29 is 0 Å². The second-order valence-electron chi connectivity index (χ2n) is 16.4. The highest BCUT2D eigenvalue weighted by Gasteiger charge is 2.48. The fourth-order valence-electron chi connectivity index (χ4n) is 10.2. The predicted molar refractivity (Wildman–Crippen MR) is 262 cm³/mol. The number of aromatic nitrogens is 2. The summed E-state index contributed by atoms with van der Waals surface area (Å²) in [6, 6.07) is 87.8. The first-order valence-electron chi connectivity index (χ1n) is 21.7. The molecule has 1 aromatic heterocycles. The van der Waals surface area contributed by atoms with E-state index in [1.807, 2.05) is 12.1 Å². The molecule has 63 heavy (non-hydrogen) atoms. The molecule has 10 aromatic carbocycles. The van der Waals surface area contributed by atoms with Crippen LogP contribution in [0.2, 0.25) is 0 Å². The normalized spacial score (nSPS) is 12.6. The third-order valence-corrected chi connectivity index (χ3v) is 13.0. The molecule has 2 nitrogen and oxygen atoms in total. The van der Waals surface area contributed by atoms with Crippen LogP contribution in [-0.2, 0) is 5.41 Å². The van der Waals surface area contributed by atoms with Crippen LogP contribution < -0.4 is 0 Å². The predicted octanol–water partition coefficient (Wildman–Crippen LogP) is 15.5. The number of hydrogen-bond donors (Lipinski definition) is 0. The molecule has 0 unspecified atom stereocenters. The van der Waals surface area contributed by atoms with Crippen molar-refractivity contribution in [2.45, 2.75) is 5.41 Å².